The summed E-state index contributed by atoms with van der Waals surface area (Å²) >= 11 is 0. The number of nitrogens with one attached hydrogen (secondary N) is 1. The number of hydrogen-bond acceptors (Lipinski definition) is 2. The van der Waals surface area contributed by atoms with Crippen molar-refractivity contribution in [2.45, 2.75) is 32.1 Å². The van der Waals surface area contributed by atoms with E-state index in [4.69, 9.17) is 5.73 Å². The van der Waals surface area contributed by atoms with Crippen molar-refractivity contribution in [1.82, 2.24) is 5.32 Å². The van der Waals surface area contributed by atoms with Crippen molar-refractivity contribution >= 4 is 5.91 Å². The maximum Gasteiger partial charge on any atom is 0.222 e. The molecular weight excluding hydrogens is 164 g/mol. The van der Waals surface area contributed by atoms with Crippen LogP contribution in [0.1, 0.15) is 32.1 Å². The maximum absolute atomic E-state index is 11.3. The Hall–Kier alpha value is -0.570. The number of rotatable bonds is 3. The summed E-state index contributed by atoms with van der Waals surface area (Å²) in [5, 5.41) is 2.72. The van der Waals surface area contributed by atoms with Gasteiger partial charge in [0.05, 0.1) is 0 Å². The van der Waals surface area contributed by atoms with E-state index in [1.54, 1.807) is 7.05 Å². The Bertz CT molecular complexity index is 162. The van der Waals surface area contributed by atoms with E-state index in [0.717, 1.165) is 31.7 Å². The molecule has 1 saturated carbocycles. The van der Waals surface area contributed by atoms with Crippen molar-refractivity contribution in [3.8, 4) is 0 Å². The van der Waals surface area contributed by atoms with Gasteiger partial charge >= 0.3 is 0 Å². The van der Waals surface area contributed by atoms with Gasteiger partial charge in [-0.1, -0.05) is 0 Å². The molecule has 0 atom stereocenters. The lowest BCUT2D eigenvalue weighted by Gasteiger charge is -2.26. The first-order valence-electron chi connectivity index (χ1n) is 5.19. The summed E-state index contributed by atoms with van der Waals surface area (Å²) in [4.78, 5) is 11.3. The third kappa shape index (κ3) is 2.99. The van der Waals surface area contributed by atoms with E-state index < -0.39 is 0 Å². The largest absolute Gasteiger partial charge is 0.359 e. The van der Waals surface area contributed by atoms with Crippen molar-refractivity contribution in [3.63, 3.8) is 0 Å². The standard InChI is InChI=1S/C10H20N2O/c1-12-10(13)9-4-2-8(3-5-9)6-7-11/h8-9H,2-7,11H2,1H3,(H,12,13). The van der Waals surface area contributed by atoms with Crippen LogP contribution in [0.4, 0.5) is 0 Å². The molecule has 0 aromatic heterocycles. The third-order valence-electron chi connectivity index (χ3n) is 3.04. The number of nitrogens with two attached hydrogens (primary N) is 1. The third-order valence-corrected chi connectivity index (χ3v) is 3.04. The molecule has 0 saturated heterocycles. The molecule has 0 aromatic carbocycles. The van der Waals surface area contributed by atoms with Crippen LogP contribution in [-0.2, 0) is 4.79 Å². The minimum Gasteiger partial charge on any atom is -0.359 e. The lowest BCUT2D eigenvalue weighted by Crippen LogP contribution is -2.30. The molecule has 1 aliphatic carbocycles. The zero-order valence-electron chi connectivity index (χ0n) is 8.38. The van der Waals surface area contributed by atoms with Crippen molar-refractivity contribution in [2.75, 3.05) is 13.6 Å². The van der Waals surface area contributed by atoms with E-state index in [1.807, 2.05) is 0 Å². The van der Waals surface area contributed by atoms with Gasteiger partial charge in [0.2, 0.25) is 5.91 Å². The summed E-state index contributed by atoms with van der Waals surface area (Å²) in [5.74, 6) is 1.25. The minimum atomic E-state index is 0.214. The van der Waals surface area contributed by atoms with Crippen molar-refractivity contribution in [3.05, 3.63) is 0 Å². The number of amides is 1. The van der Waals surface area contributed by atoms with Crippen LogP contribution in [0.25, 0.3) is 0 Å². The Morgan fingerprint density at radius 1 is 1.38 bits per heavy atom. The van der Waals surface area contributed by atoms with Gasteiger partial charge in [0.25, 0.3) is 0 Å². The fourth-order valence-electron chi connectivity index (χ4n) is 2.15. The van der Waals surface area contributed by atoms with E-state index in [0.29, 0.717) is 0 Å². The Morgan fingerprint density at radius 2 is 2.00 bits per heavy atom. The smallest absolute Gasteiger partial charge is 0.222 e. The highest BCUT2D eigenvalue weighted by molar-refractivity contribution is 5.78. The van der Waals surface area contributed by atoms with Crippen LogP contribution in [0.15, 0.2) is 0 Å². The molecule has 0 aliphatic heterocycles. The van der Waals surface area contributed by atoms with Crippen LogP contribution >= 0.6 is 0 Å². The van der Waals surface area contributed by atoms with Crippen LogP contribution in [0.5, 0.6) is 0 Å². The molecule has 1 rings (SSSR count). The highest BCUT2D eigenvalue weighted by Gasteiger charge is 2.24. The molecule has 3 heteroatoms. The topological polar surface area (TPSA) is 55.1 Å². The number of hydrogen-bond donors (Lipinski definition) is 2. The molecule has 0 aromatic rings. The molecule has 0 radical (unpaired) electrons. The van der Waals surface area contributed by atoms with Gasteiger partial charge in [-0.05, 0) is 44.6 Å². The summed E-state index contributed by atoms with van der Waals surface area (Å²) in [6.45, 7) is 0.787. The average molecular weight is 184 g/mol. The van der Waals surface area contributed by atoms with Gasteiger partial charge in [0, 0.05) is 13.0 Å². The average Bonchev–Trinajstić information content (AvgIpc) is 2.18. The van der Waals surface area contributed by atoms with Gasteiger partial charge in [0.15, 0.2) is 0 Å². The van der Waals surface area contributed by atoms with Gasteiger partial charge < -0.3 is 11.1 Å². The summed E-state index contributed by atoms with van der Waals surface area (Å²) in [5.41, 5.74) is 5.50. The number of carbonyl (C=O) groups excluding carboxylic acids is 1. The second-order valence-corrected chi connectivity index (χ2v) is 3.91. The molecule has 0 unspecified atom stereocenters. The summed E-state index contributed by atoms with van der Waals surface area (Å²) in [6.07, 6.45) is 5.57. The van der Waals surface area contributed by atoms with Crippen LogP contribution in [0.2, 0.25) is 0 Å². The Kier molecular flexibility index (Phi) is 4.22. The van der Waals surface area contributed by atoms with E-state index in [1.165, 1.54) is 12.8 Å². The van der Waals surface area contributed by atoms with Crippen molar-refractivity contribution in [2.24, 2.45) is 17.6 Å². The monoisotopic (exact) mass is 184 g/mol. The first kappa shape index (κ1) is 10.5. The normalized spacial score (nSPS) is 28.5. The van der Waals surface area contributed by atoms with Gasteiger partial charge in [-0.15, -0.1) is 0 Å². The second-order valence-electron chi connectivity index (χ2n) is 3.91. The lowest BCUT2D eigenvalue weighted by molar-refractivity contribution is -0.125. The second kappa shape index (κ2) is 5.22. The molecule has 1 amide bonds. The van der Waals surface area contributed by atoms with Crippen molar-refractivity contribution < 1.29 is 4.79 Å². The predicted octanol–water partition coefficient (Wildman–Crippen LogP) is 0.888. The molecule has 3 N–H and O–H groups in total. The van der Waals surface area contributed by atoms with Crippen LogP contribution < -0.4 is 11.1 Å². The van der Waals surface area contributed by atoms with Crippen molar-refractivity contribution in [1.29, 1.82) is 0 Å². The van der Waals surface area contributed by atoms with Gasteiger partial charge in [-0.3, -0.25) is 4.79 Å². The first-order valence-corrected chi connectivity index (χ1v) is 5.19. The molecule has 0 spiro atoms. The number of carbonyl (C=O) groups is 1. The fraction of sp³-hybridized carbons (Fsp3) is 0.900. The molecule has 1 fully saturated rings. The van der Waals surface area contributed by atoms with Crippen LogP contribution in [-0.4, -0.2) is 19.5 Å². The van der Waals surface area contributed by atoms with Crippen LogP contribution in [0, 0.1) is 11.8 Å². The van der Waals surface area contributed by atoms with Gasteiger partial charge in [-0.25, -0.2) is 0 Å². The molecule has 0 bridgehead atoms. The predicted molar refractivity (Wildman–Crippen MR) is 53.2 cm³/mol. The zero-order chi connectivity index (χ0) is 9.68. The van der Waals surface area contributed by atoms with E-state index >= 15 is 0 Å². The quantitative estimate of drug-likeness (QED) is 0.684. The summed E-state index contributed by atoms with van der Waals surface area (Å²) < 4.78 is 0. The fourth-order valence-corrected chi connectivity index (χ4v) is 2.15. The van der Waals surface area contributed by atoms with E-state index in [9.17, 15) is 4.79 Å². The Balaban J connectivity index is 2.26. The summed E-state index contributed by atoms with van der Waals surface area (Å²) in [6, 6.07) is 0. The van der Waals surface area contributed by atoms with E-state index in [2.05, 4.69) is 5.32 Å². The Labute approximate surface area is 80.1 Å². The molecular formula is C10H20N2O. The minimum absolute atomic E-state index is 0.214. The maximum atomic E-state index is 11.3. The van der Waals surface area contributed by atoms with Gasteiger partial charge in [-0.2, -0.15) is 0 Å². The first-order chi connectivity index (χ1) is 6.27. The molecule has 13 heavy (non-hydrogen) atoms. The lowest BCUT2D eigenvalue weighted by atomic mass is 9.80. The molecule has 1 aliphatic rings. The molecule has 3 nitrogen and oxygen atoms in total. The molecule has 0 heterocycles. The van der Waals surface area contributed by atoms with E-state index in [-0.39, 0.29) is 11.8 Å². The van der Waals surface area contributed by atoms with Gasteiger partial charge in [0.1, 0.15) is 0 Å². The highest BCUT2D eigenvalue weighted by Crippen LogP contribution is 2.30. The Morgan fingerprint density at radius 3 is 2.46 bits per heavy atom. The van der Waals surface area contributed by atoms with Crippen LogP contribution in [0.3, 0.4) is 0 Å². The zero-order valence-corrected chi connectivity index (χ0v) is 8.38. The summed E-state index contributed by atoms with van der Waals surface area (Å²) in [7, 11) is 1.72. The SMILES string of the molecule is CNC(=O)C1CCC(CCN)CC1. The highest BCUT2D eigenvalue weighted by atomic mass is 16.1. The molecule has 76 valence electrons.